The number of hydrogen-bond acceptors (Lipinski definition) is 7. The van der Waals surface area contributed by atoms with Gasteiger partial charge in [-0.1, -0.05) is 0 Å². The zero-order valence-corrected chi connectivity index (χ0v) is 21.9. The highest BCUT2D eigenvalue weighted by Crippen LogP contribution is 2.49. The van der Waals surface area contributed by atoms with Gasteiger partial charge in [0, 0.05) is 43.8 Å². The van der Waals surface area contributed by atoms with E-state index in [1.165, 1.54) is 20.3 Å². The summed E-state index contributed by atoms with van der Waals surface area (Å²) in [5.74, 6) is -2.57. The van der Waals surface area contributed by atoms with Gasteiger partial charge in [-0.2, -0.15) is 4.99 Å². The normalized spacial score (nSPS) is 24.3. The summed E-state index contributed by atoms with van der Waals surface area (Å²) in [5.41, 5.74) is -0.315. The maximum absolute atomic E-state index is 13.5. The second-order valence-corrected chi connectivity index (χ2v) is 11.1. The van der Waals surface area contributed by atoms with E-state index < -0.39 is 46.6 Å². The fourth-order valence-electron chi connectivity index (χ4n) is 6.00. The second-order valence-electron chi connectivity index (χ2n) is 11.1. The van der Waals surface area contributed by atoms with Crippen molar-refractivity contribution < 1.29 is 29.1 Å². The standard InChI is InChI=1S/C26H30N6O6/c1-25(2,3)32-20(34)16(19(33)28-23(32)37)13-27-15-8-9-17-14(11-15)12-26(18-7-6-10-31(17)18)21(35)29(4)24(38)30(5)22(26)36/h8-9,11,13,18,27H,6-7,10,12H2,1-5H3,(H,28,33,37)/b16-13+. The SMILES string of the molecule is CN1C(=O)N(C)C(=O)C2(Cc3cc(N/C=C4\C(=O)N=C(O)N(C(C)(C)C)C4=O)ccc3N3CCCC32)C1=O. The largest absolute Gasteiger partial charge is 0.480 e. The number of anilines is 2. The van der Waals surface area contributed by atoms with E-state index in [4.69, 9.17) is 0 Å². The lowest BCUT2D eigenvalue weighted by atomic mass is 9.68. The Labute approximate surface area is 219 Å². The summed E-state index contributed by atoms with van der Waals surface area (Å²) in [4.78, 5) is 73.7. The third-order valence-corrected chi connectivity index (χ3v) is 7.75. The van der Waals surface area contributed by atoms with Gasteiger partial charge >= 0.3 is 12.1 Å². The van der Waals surface area contributed by atoms with Crippen molar-refractivity contribution in [2.45, 2.75) is 51.6 Å². The van der Waals surface area contributed by atoms with Gasteiger partial charge in [0.1, 0.15) is 5.57 Å². The topological polar surface area (TPSA) is 143 Å². The molecule has 200 valence electrons. The third-order valence-electron chi connectivity index (χ3n) is 7.75. The molecular formula is C26H30N6O6. The Balaban J connectivity index is 1.50. The lowest BCUT2D eigenvalue weighted by Crippen LogP contribution is -2.70. The van der Waals surface area contributed by atoms with Crippen LogP contribution < -0.4 is 10.2 Å². The first kappa shape index (κ1) is 25.4. The maximum Gasteiger partial charge on any atom is 0.332 e. The summed E-state index contributed by atoms with van der Waals surface area (Å²) >= 11 is 0. The Morgan fingerprint density at radius 2 is 1.74 bits per heavy atom. The number of amidine groups is 1. The van der Waals surface area contributed by atoms with E-state index >= 15 is 0 Å². The highest BCUT2D eigenvalue weighted by molar-refractivity contribution is 6.27. The molecule has 4 aliphatic heterocycles. The number of aliphatic imine (C=N–C) groups is 1. The fourth-order valence-corrected chi connectivity index (χ4v) is 6.00. The van der Waals surface area contributed by atoms with Gasteiger partial charge in [0.05, 0.1) is 6.04 Å². The van der Waals surface area contributed by atoms with Gasteiger partial charge in [-0.25, -0.2) is 4.79 Å². The average Bonchev–Trinajstić information content (AvgIpc) is 3.34. The van der Waals surface area contributed by atoms with Crippen LogP contribution in [0.4, 0.5) is 16.2 Å². The summed E-state index contributed by atoms with van der Waals surface area (Å²) in [7, 11) is 2.79. The number of fused-ring (bicyclic) bond motifs is 4. The Kier molecular flexibility index (Phi) is 5.62. The number of amides is 6. The van der Waals surface area contributed by atoms with Crippen molar-refractivity contribution in [2.24, 2.45) is 10.4 Å². The molecule has 4 heterocycles. The van der Waals surface area contributed by atoms with Gasteiger partial charge in [0.25, 0.3) is 11.8 Å². The van der Waals surface area contributed by atoms with E-state index in [0.717, 1.165) is 32.4 Å². The molecule has 12 heteroatoms. The first-order valence-electron chi connectivity index (χ1n) is 12.4. The van der Waals surface area contributed by atoms with Crippen molar-refractivity contribution in [1.82, 2.24) is 14.7 Å². The van der Waals surface area contributed by atoms with Crippen molar-refractivity contribution in [3.63, 3.8) is 0 Å². The predicted molar refractivity (Wildman–Crippen MR) is 137 cm³/mol. The molecule has 4 aliphatic rings. The Hall–Kier alpha value is -4.22. The van der Waals surface area contributed by atoms with Crippen LogP contribution in [0.1, 0.15) is 39.2 Å². The first-order valence-corrected chi connectivity index (χ1v) is 12.4. The number of nitrogens with zero attached hydrogens (tertiary/aromatic N) is 5. The molecule has 1 spiro atoms. The van der Waals surface area contributed by atoms with Crippen LogP contribution in [0, 0.1) is 5.41 Å². The van der Waals surface area contributed by atoms with Gasteiger partial charge in [0.15, 0.2) is 5.41 Å². The zero-order valence-electron chi connectivity index (χ0n) is 21.9. The number of aliphatic hydroxyl groups is 1. The van der Waals surface area contributed by atoms with Gasteiger partial charge in [-0.3, -0.25) is 33.9 Å². The second kappa shape index (κ2) is 8.40. The van der Waals surface area contributed by atoms with E-state index in [1.54, 1.807) is 32.9 Å². The molecule has 2 N–H and O–H groups in total. The molecule has 0 aliphatic carbocycles. The molecule has 1 aromatic carbocycles. The van der Waals surface area contributed by atoms with Crippen LogP contribution in [0.2, 0.25) is 0 Å². The summed E-state index contributed by atoms with van der Waals surface area (Å²) in [6.07, 6.45) is 2.82. The lowest BCUT2D eigenvalue weighted by molar-refractivity contribution is -0.159. The van der Waals surface area contributed by atoms with Crippen LogP contribution in [0.5, 0.6) is 0 Å². The monoisotopic (exact) mass is 522 g/mol. The van der Waals surface area contributed by atoms with E-state index in [1.807, 2.05) is 6.07 Å². The molecule has 1 unspecified atom stereocenters. The number of hydrogen-bond donors (Lipinski definition) is 2. The molecule has 2 saturated heterocycles. The molecular weight excluding hydrogens is 492 g/mol. The number of barbiturate groups is 1. The van der Waals surface area contributed by atoms with Crippen LogP contribution in [0.15, 0.2) is 35.0 Å². The average molecular weight is 523 g/mol. The minimum atomic E-state index is -1.42. The summed E-state index contributed by atoms with van der Waals surface area (Å²) < 4.78 is 0. The van der Waals surface area contributed by atoms with Gasteiger partial charge in [-0.05, 0) is 63.8 Å². The molecule has 0 saturated carbocycles. The van der Waals surface area contributed by atoms with Crippen LogP contribution in [-0.4, -0.2) is 87.7 Å². The smallest absolute Gasteiger partial charge is 0.332 e. The van der Waals surface area contributed by atoms with Crippen LogP contribution in [0.25, 0.3) is 0 Å². The Morgan fingerprint density at radius 3 is 2.37 bits per heavy atom. The molecule has 1 aromatic rings. The number of aliphatic hydroxyl groups excluding tert-OH is 1. The number of carbonyl (C=O) groups excluding carboxylic acids is 5. The molecule has 12 nitrogen and oxygen atoms in total. The first-order chi connectivity index (χ1) is 17.8. The minimum absolute atomic E-state index is 0.114. The van der Waals surface area contributed by atoms with Gasteiger partial charge in [-0.15, -0.1) is 0 Å². The Bertz CT molecular complexity index is 1330. The minimum Gasteiger partial charge on any atom is -0.480 e. The van der Waals surface area contributed by atoms with E-state index in [0.29, 0.717) is 18.7 Å². The number of nitrogens with one attached hydrogen (secondary N) is 1. The molecule has 0 radical (unpaired) electrons. The zero-order chi connectivity index (χ0) is 27.7. The highest BCUT2D eigenvalue weighted by atomic mass is 16.3. The molecule has 0 bridgehead atoms. The van der Waals surface area contributed by atoms with Crippen molar-refractivity contribution in [3.05, 3.63) is 35.5 Å². The lowest BCUT2D eigenvalue weighted by Gasteiger charge is -2.50. The number of urea groups is 1. The van der Waals surface area contributed by atoms with Crippen molar-refractivity contribution in [1.29, 1.82) is 0 Å². The fraction of sp³-hybridized carbons (Fsp3) is 0.462. The van der Waals surface area contributed by atoms with E-state index in [2.05, 4.69) is 15.2 Å². The van der Waals surface area contributed by atoms with Crippen molar-refractivity contribution >= 4 is 47.1 Å². The molecule has 2 fully saturated rings. The highest BCUT2D eigenvalue weighted by Gasteiger charge is 2.63. The van der Waals surface area contributed by atoms with Gasteiger partial charge in [0.2, 0.25) is 11.8 Å². The summed E-state index contributed by atoms with van der Waals surface area (Å²) in [5, 5.41) is 13.0. The molecule has 6 amide bonds. The van der Waals surface area contributed by atoms with Crippen LogP contribution >= 0.6 is 0 Å². The number of rotatable bonds is 2. The molecule has 38 heavy (non-hydrogen) atoms. The molecule has 5 rings (SSSR count). The Morgan fingerprint density at radius 1 is 1.08 bits per heavy atom. The molecule has 0 aromatic heterocycles. The maximum atomic E-state index is 13.5. The summed E-state index contributed by atoms with van der Waals surface area (Å²) in [6, 6.07) is 3.78. The number of benzene rings is 1. The predicted octanol–water partition coefficient (Wildman–Crippen LogP) is 1.63. The molecule has 1 atom stereocenters. The van der Waals surface area contributed by atoms with E-state index in [9.17, 15) is 29.1 Å². The van der Waals surface area contributed by atoms with Crippen molar-refractivity contribution in [3.8, 4) is 0 Å². The van der Waals surface area contributed by atoms with Crippen molar-refractivity contribution in [2.75, 3.05) is 30.9 Å². The van der Waals surface area contributed by atoms with Crippen LogP contribution in [-0.2, 0) is 25.6 Å². The van der Waals surface area contributed by atoms with E-state index in [-0.39, 0.29) is 18.0 Å². The third kappa shape index (κ3) is 3.50. The van der Waals surface area contributed by atoms with Crippen LogP contribution in [0.3, 0.4) is 0 Å². The number of carbonyl (C=O) groups is 5. The van der Waals surface area contributed by atoms with Gasteiger partial charge < -0.3 is 15.3 Å². The summed E-state index contributed by atoms with van der Waals surface area (Å²) in [6.45, 7) is 5.79. The quantitative estimate of drug-likeness (QED) is 0.339. The number of imide groups is 2.